The molecule has 0 bridgehead atoms. The molecule has 0 amide bonds. The molecule has 164 valence electrons. The number of benzene rings is 2. The fraction of sp³-hybridized carbons (Fsp3) is 0.263. The lowest BCUT2D eigenvalue weighted by Gasteiger charge is -2.36. The number of nitrogens with two attached hydrogens (primary N) is 1. The number of sulfonamides is 2. The Morgan fingerprint density at radius 1 is 1.06 bits per heavy atom. The Hall–Kier alpha value is -2.98. The van der Waals surface area contributed by atoms with Crippen LogP contribution < -0.4 is 10.0 Å². The number of carbonyl (C=O) groups is 1. The van der Waals surface area contributed by atoms with Crippen molar-refractivity contribution in [1.29, 1.82) is 5.26 Å². The fourth-order valence-corrected chi connectivity index (χ4v) is 5.44. The Labute approximate surface area is 180 Å². The fourth-order valence-electron chi connectivity index (χ4n) is 3.33. The zero-order valence-electron chi connectivity index (χ0n) is 16.6. The second-order valence-electron chi connectivity index (χ2n) is 6.71. The standard InChI is InChI=1S/C19H20N4O6S2/c1-29-19(24)16-12-15(30(21,25)26)6-7-17(16)22-8-10-23(11-9-22)31(27,28)18-5-3-2-4-14(18)13-20/h2-7,12H,8-11H2,1H3,(H2,21,25,26). The van der Waals surface area contributed by atoms with E-state index in [9.17, 15) is 26.9 Å². The minimum atomic E-state index is -4.02. The van der Waals surface area contributed by atoms with Crippen LogP contribution in [-0.2, 0) is 24.8 Å². The molecular formula is C19H20N4O6S2. The third kappa shape index (κ3) is 4.54. The van der Waals surface area contributed by atoms with Gasteiger partial charge in [-0.25, -0.2) is 26.8 Å². The van der Waals surface area contributed by atoms with Gasteiger partial charge in [-0.1, -0.05) is 12.1 Å². The van der Waals surface area contributed by atoms with Gasteiger partial charge in [-0.15, -0.1) is 0 Å². The van der Waals surface area contributed by atoms with Gasteiger partial charge >= 0.3 is 5.97 Å². The van der Waals surface area contributed by atoms with Gasteiger partial charge in [0.05, 0.1) is 33.7 Å². The van der Waals surface area contributed by atoms with Gasteiger partial charge in [0.2, 0.25) is 20.0 Å². The van der Waals surface area contributed by atoms with Crippen molar-refractivity contribution in [3.8, 4) is 6.07 Å². The summed E-state index contributed by atoms with van der Waals surface area (Å²) in [6.07, 6.45) is 0. The first kappa shape index (κ1) is 22.7. The molecule has 2 N–H and O–H groups in total. The van der Waals surface area contributed by atoms with Crippen LogP contribution in [0.5, 0.6) is 0 Å². The molecule has 0 aromatic heterocycles. The van der Waals surface area contributed by atoms with E-state index in [4.69, 9.17) is 9.88 Å². The van der Waals surface area contributed by atoms with E-state index < -0.39 is 26.0 Å². The molecule has 1 aliphatic rings. The number of methoxy groups -OCH3 is 1. The number of ether oxygens (including phenoxy) is 1. The molecule has 2 aromatic carbocycles. The molecular weight excluding hydrogens is 444 g/mol. The number of hydrogen-bond acceptors (Lipinski definition) is 8. The maximum atomic E-state index is 13.0. The molecule has 0 spiro atoms. The Morgan fingerprint density at radius 2 is 1.71 bits per heavy atom. The zero-order valence-corrected chi connectivity index (χ0v) is 18.2. The molecule has 1 fully saturated rings. The van der Waals surface area contributed by atoms with E-state index in [0.29, 0.717) is 5.69 Å². The minimum Gasteiger partial charge on any atom is -0.465 e. The van der Waals surface area contributed by atoms with Crippen LogP contribution >= 0.6 is 0 Å². The highest BCUT2D eigenvalue weighted by Crippen LogP contribution is 2.27. The number of esters is 1. The second-order valence-corrected chi connectivity index (χ2v) is 10.2. The summed E-state index contributed by atoms with van der Waals surface area (Å²) in [4.78, 5) is 13.7. The normalized spacial score (nSPS) is 15.3. The quantitative estimate of drug-likeness (QED) is 0.628. The number of primary sulfonamides is 1. The topological polar surface area (TPSA) is 151 Å². The molecule has 2 aromatic rings. The van der Waals surface area contributed by atoms with Crippen LogP contribution in [0.25, 0.3) is 0 Å². The maximum Gasteiger partial charge on any atom is 0.340 e. The smallest absolute Gasteiger partial charge is 0.340 e. The lowest BCUT2D eigenvalue weighted by Crippen LogP contribution is -2.49. The summed E-state index contributed by atoms with van der Waals surface area (Å²) in [7, 11) is -6.72. The van der Waals surface area contributed by atoms with Crippen molar-refractivity contribution >= 4 is 31.7 Å². The number of nitrogens with zero attached hydrogens (tertiary/aromatic N) is 3. The first-order valence-electron chi connectivity index (χ1n) is 9.09. The first-order chi connectivity index (χ1) is 14.6. The summed E-state index contributed by atoms with van der Waals surface area (Å²) in [6.45, 7) is 0.707. The molecule has 12 heteroatoms. The molecule has 1 saturated heterocycles. The summed E-state index contributed by atoms with van der Waals surface area (Å²) < 4.78 is 55.3. The highest BCUT2D eigenvalue weighted by molar-refractivity contribution is 7.89. The van der Waals surface area contributed by atoms with Gasteiger partial charge in [-0.2, -0.15) is 9.57 Å². The predicted molar refractivity (Wildman–Crippen MR) is 111 cm³/mol. The monoisotopic (exact) mass is 464 g/mol. The molecule has 0 saturated carbocycles. The molecule has 31 heavy (non-hydrogen) atoms. The van der Waals surface area contributed by atoms with Crippen LogP contribution in [0, 0.1) is 11.3 Å². The Bertz CT molecular complexity index is 1260. The molecule has 1 heterocycles. The predicted octanol–water partition coefficient (Wildman–Crippen LogP) is 0.503. The van der Waals surface area contributed by atoms with Gasteiger partial charge in [-0.3, -0.25) is 0 Å². The molecule has 0 aliphatic carbocycles. The Balaban J connectivity index is 1.87. The van der Waals surface area contributed by atoms with Gasteiger partial charge in [0.25, 0.3) is 0 Å². The number of piperazine rings is 1. The van der Waals surface area contributed by atoms with E-state index in [1.165, 1.54) is 35.7 Å². The summed E-state index contributed by atoms with van der Waals surface area (Å²) in [5.41, 5.74) is 0.491. The summed E-state index contributed by atoms with van der Waals surface area (Å²) in [5.74, 6) is -0.738. The zero-order chi connectivity index (χ0) is 22.8. The molecule has 0 atom stereocenters. The van der Waals surface area contributed by atoms with E-state index in [0.717, 1.165) is 6.07 Å². The minimum absolute atomic E-state index is 0.0140. The number of carbonyl (C=O) groups excluding carboxylic acids is 1. The van der Waals surface area contributed by atoms with Crippen LogP contribution in [0.4, 0.5) is 5.69 Å². The van der Waals surface area contributed by atoms with Gasteiger partial charge < -0.3 is 9.64 Å². The molecule has 1 aliphatic heterocycles. The number of hydrogen-bond donors (Lipinski definition) is 1. The average molecular weight is 465 g/mol. The molecule has 0 unspecified atom stereocenters. The van der Waals surface area contributed by atoms with Crippen molar-refractivity contribution < 1.29 is 26.4 Å². The van der Waals surface area contributed by atoms with Crippen LogP contribution in [0.15, 0.2) is 52.3 Å². The summed E-state index contributed by atoms with van der Waals surface area (Å²) >= 11 is 0. The van der Waals surface area contributed by atoms with Crippen LogP contribution in [0.3, 0.4) is 0 Å². The Morgan fingerprint density at radius 3 is 2.29 bits per heavy atom. The highest BCUT2D eigenvalue weighted by atomic mass is 32.2. The third-order valence-electron chi connectivity index (χ3n) is 4.91. The molecule has 0 radical (unpaired) electrons. The van der Waals surface area contributed by atoms with E-state index >= 15 is 0 Å². The van der Waals surface area contributed by atoms with Crippen molar-refractivity contribution in [2.24, 2.45) is 5.14 Å². The lowest BCUT2D eigenvalue weighted by molar-refractivity contribution is 0.0601. The molecule has 10 nitrogen and oxygen atoms in total. The highest BCUT2D eigenvalue weighted by Gasteiger charge is 2.31. The second kappa shape index (κ2) is 8.64. The van der Waals surface area contributed by atoms with E-state index in [2.05, 4.69) is 0 Å². The van der Waals surface area contributed by atoms with Gasteiger partial charge in [0, 0.05) is 26.2 Å². The van der Waals surface area contributed by atoms with E-state index in [1.807, 2.05) is 6.07 Å². The average Bonchev–Trinajstić information content (AvgIpc) is 2.77. The summed E-state index contributed by atoms with van der Waals surface area (Å²) in [6, 6.07) is 11.7. The Kier molecular flexibility index (Phi) is 6.33. The van der Waals surface area contributed by atoms with Gasteiger partial charge in [0.15, 0.2) is 0 Å². The van der Waals surface area contributed by atoms with Crippen molar-refractivity contribution in [3.05, 3.63) is 53.6 Å². The van der Waals surface area contributed by atoms with Crippen molar-refractivity contribution in [2.45, 2.75) is 9.79 Å². The SMILES string of the molecule is COC(=O)c1cc(S(N)(=O)=O)ccc1N1CCN(S(=O)(=O)c2ccccc2C#N)CC1. The van der Waals surface area contributed by atoms with Crippen LogP contribution in [0.1, 0.15) is 15.9 Å². The molecule has 3 rings (SSSR count). The van der Waals surface area contributed by atoms with Crippen molar-refractivity contribution in [1.82, 2.24) is 4.31 Å². The van der Waals surface area contributed by atoms with Crippen LogP contribution in [0.2, 0.25) is 0 Å². The van der Waals surface area contributed by atoms with Gasteiger partial charge in [0.1, 0.15) is 6.07 Å². The number of rotatable bonds is 5. The lowest BCUT2D eigenvalue weighted by atomic mass is 10.1. The van der Waals surface area contributed by atoms with Gasteiger partial charge in [-0.05, 0) is 30.3 Å². The van der Waals surface area contributed by atoms with Crippen molar-refractivity contribution in [3.63, 3.8) is 0 Å². The van der Waals surface area contributed by atoms with Crippen LogP contribution in [-0.4, -0.2) is 60.4 Å². The maximum absolute atomic E-state index is 13.0. The van der Waals surface area contributed by atoms with E-state index in [1.54, 1.807) is 17.0 Å². The summed E-state index contributed by atoms with van der Waals surface area (Å²) in [5, 5.41) is 14.4. The largest absolute Gasteiger partial charge is 0.465 e. The first-order valence-corrected chi connectivity index (χ1v) is 12.1. The number of nitriles is 1. The number of anilines is 1. The van der Waals surface area contributed by atoms with E-state index in [-0.39, 0.29) is 47.1 Å². The third-order valence-corrected chi connectivity index (χ3v) is 7.77. The van der Waals surface area contributed by atoms with Crippen molar-refractivity contribution in [2.75, 3.05) is 38.2 Å².